The van der Waals surface area contributed by atoms with E-state index in [0.717, 1.165) is 55.8 Å². The summed E-state index contributed by atoms with van der Waals surface area (Å²) in [5, 5.41) is 2.07. The number of benzene rings is 3. The predicted octanol–water partition coefficient (Wildman–Crippen LogP) is 6.14. The van der Waals surface area contributed by atoms with E-state index in [-0.39, 0.29) is 13.2 Å². The van der Waals surface area contributed by atoms with Crippen molar-refractivity contribution in [1.82, 2.24) is 9.97 Å². The van der Waals surface area contributed by atoms with Crippen LogP contribution in [0.1, 0.15) is 0 Å². The predicted molar refractivity (Wildman–Crippen MR) is 137 cm³/mol. The fraction of sp³-hybridized carbons (Fsp3) is 0.0667. The lowest BCUT2D eigenvalue weighted by Crippen LogP contribution is -1.94. The highest BCUT2D eigenvalue weighted by atomic mass is 16.5. The number of hydrogen-bond acceptors (Lipinski definition) is 4. The lowest BCUT2D eigenvalue weighted by molar-refractivity contribution is 0.370. The van der Waals surface area contributed by atoms with E-state index in [9.17, 15) is 0 Å². The number of nitrogens with zero attached hydrogens (tertiary/aromatic N) is 2. The van der Waals surface area contributed by atoms with Crippen LogP contribution in [-0.2, 0) is 0 Å². The Kier molecular flexibility index (Phi) is 5.80. The average Bonchev–Trinajstić information content (AvgIpc) is 2.90. The molecule has 2 heterocycles. The van der Waals surface area contributed by atoms with Crippen molar-refractivity contribution in [3.05, 3.63) is 84.9 Å². The van der Waals surface area contributed by atoms with E-state index in [1.54, 1.807) is 0 Å². The zero-order valence-corrected chi connectivity index (χ0v) is 18.4. The molecule has 0 N–H and O–H groups in total. The van der Waals surface area contributed by atoms with Gasteiger partial charge in [0.15, 0.2) is 0 Å². The highest BCUT2D eigenvalue weighted by molar-refractivity contribution is 6.04. The SMILES string of the molecule is C#CCOc1ccc(-c2ccc3ccc4ccc(-c5ccc(OCC#C)cc5)nc4c3n2)cc1. The molecule has 162 valence electrons. The van der Waals surface area contributed by atoms with E-state index in [0.29, 0.717) is 0 Å². The van der Waals surface area contributed by atoms with Gasteiger partial charge in [-0.1, -0.05) is 36.1 Å². The minimum atomic E-state index is 0.244. The van der Waals surface area contributed by atoms with Gasteiger partial charge in [-0.05, 0) is 60.7 Å². The van der Waals surface area contributed by atoms with Gasteiger partial charge in [-0.25, -0.2) is 9.97 Å². The first kappa shape index (κ1) is 21.1. The van der Waals surface area contributed by atoms with Crippen LogP contribution in [0, 0.1) is 24.7 Å². The zero-order valence-electron chi connectivity index (χ0n) is 18.4. The largest absolute Gasteiger partial charge is 0.481 e. The zero-order chi connectivity index (χ0) is 23.3. The smallest absolute Gasteiger partial charge is 0.148 e. The highest BCUT2D eigenvalue weighted by Gasteiger charge is 2.09. The van der Waals surface area contributed by atoms with Gasteiger partial charge in [0, 0.05) is 21.9 Å². The molecule has 0 saturated heterocycles. The Morgan fingerprint density at radius 3 is 1.29 bits per heavy atom. The Hall–Kier alpha value is -4.80. The second kappa shape index (κ2) is 9.36. The summed E-state index contributed by atoms with van der Waals surface area (Å²) >= 11 is 0. The molecule has 0 saturated carbocycles. The van der Waals surface area contributed by atoms with Crippen molar-refractivity contribution < 1.29 is 9.47 Å². The molecule has 0 amide bonds. The molecule has 0 bridgehead atoms. The fourth-order valence-corrected chi connectivity index (χ4v) is 3.78. The van der Waals surface area contributed by atoms with Crippen LogP contribution in [0.15, 0.2) is 84.9 Å². The molecule has 0 aliphatic carbocycles. The number of terminal acetylenes is 2. The molecule has 5 aromatic rings. The first-order valence-corrected chi connectivity index (χ1v) is 10.8. The lowest BCUT2D eigenvalue weighted by Gasteiger charge is -2.09. The van der Waals surface area contributed by atoms with Crippen molar-refractivity contribution in [2.75, 3.05) is 13.2 Å². The number of rotatable bonds is 6. The molecule has 0 fully saturated rings. The average molecular weight is 441 g/mol. The van der Waals surface area contributed by atoms with Gasteiger partial charge in [-0.3, -0.25) is 0 Å². The van der Waals surface area contributed by atoms with Crippen LogP contribution in [-0.4, -0.2) is 23.2 Å². The van der Waals surface area contributed by atoms with Crippen LogP contribution >= 0.6 is 0 Å². The number of aromatic nitrogens is 2. The molecular weight excluding hydrogens is 420 g/mol. The third-order valence-electron chi connectivity index (χ3n) is 5.46. The van der Waals surface area contributed by atoms with E-state index in [4.69, 9.17) is 32.3 Å². The summed E-state index contributed by atoms with van der Waals surface area (Å²) < 4.78 is 10.9. The van der Waals surface area contributed by atoms with Gasteiger partial charge in [-0.2, -0.15) is 0 Å². The molecule has 5 rings (SSSR count). The molecule has 0 aliphatic heterocycles. The van der Waals surface area contributed by atoms with Crippen molar-refractivity contribution >= 4 is 21.8 Å². The molecule has 4 nitrogen and oxygen atoms in total. The lowest BCUT2D eigenvalue weighted by atomic mass is 10.1. The van der Waals surface area contributed by atoms with Crippen LogP contribution in [0.25, 0.3) is 44.3 Å². The maximum absolute atomic E-state index is 5.47. The molecule has 4 heteroatoms. The molecule has 0 radical (unpaired) electrons. The standard InChI is InChI=1S/C30H20N2O2/c1-3-19-33-25-13-7-21(8-14-25)27-17-11-23-5-6-24-12-18-28(32-30(24)29(23)31-27)22-9-15-26(16-10-22)34-20-4-2/h1-2,5-18H,19-20H2. The molecule has 0 aliphatic rings. The van der Waals surface area contributed by atoms with E-state index < -0.39 is 0 Å². The van der Waals surface area contributed by atoms with Crippen LogP contribution in [0.2, 0.25) is 0 Å². The van der Waals surface area contributed by atoms with Gasteiger partial charge in [0.2, 0.25) is 0 Å². The molecule has 0 unspecified atom stereocenters. The molecule has 3 aromatic carbocycles. The van der Waals surface area contributed by atoms with Crippen LogP contribution in [0.4, 0.5) is 0 Å². The van der Waals surface area contributed by atoms with E-state index in [2.05, 4.69) is 36.1 Å². The molecule has 0 spiro atoms. The van der Waals surface area contributed by atoms with Crippen LogP contribution in [0.3, 0.4) is 0 Å². The summed E-state index contributed by atoms with van der Waals surface area (Å²) in [6.07, 6.45) is 10.5. The summed E-state index contributed by atoms with van der Waals surface area (Å²) in [6.45, 7) is 0.489. The van der Waals surface area contributed by atoms with Crippen molar-refractivity contribution in [3.63, 3.8) is 0 Å². The topological polar surface area (TPSA) is 44.2 Å². The van der Waals surface area contributed by atoms with Crippen LogP contribution < -0.4 is 9.47 Å². The first-order chi connectivity index (χ1) is 16.7. The molecule has 34 heavy (non-hydrogen) atoms. The van der Waals surface area contributed by atoms with Gasteiger partial charge in [-0.15, -0.1) is 12.8 Å². The van der Waals surface area contributed by atoms with Crippen molar-refractivity contribution in [2.24, 2.45) is 0 Å². The Morgan fingerprint density at radius 2 is 0.912 bits per heavy atom. The number of hydrogen-bond donors (Lipinski definition) is 0. The number of fused-ring (bicyclic) bond motifs is 3. The fourth-order valence-electron chi connectivity index (χ4n) is 3.78. The number of ether oxygens (including phenoxy) is 2. The molecule has 2 aromatic heterocycles. The quantitative estimate of drug-likeness (QED) is 0.235. The summed E-state index contributed by atoms with van der Waals surface area (Å²) in [5.74, 6) is 6.41. The van der Waals surface area contributed by atoms with Crippen molar-refractivity contribution in [3.8, 4) is 58.7 Å². The van der Waals surface area contributed by atoms with Gasteiger partial charge in [0.25, 0.3) is 0 Å². The Bertz CT molecular complexity index is 1440. The van der Waals surface area contributed by atoms with E-state index in [1.807, 2.05) is 60.7 Å². The maximum atomic E-state index is 5.47. The summed E-state index contributed by atoms with van der Waals surface area (Å²) in [4.78, 5) is 9.95. The summed E-state index contributed by atoms with van der Waals surface area (Å²) in [7, 11) is 0. The summed E-state index contributed by atoms with van der Waals surface area (Å²) in [5.41, 5.74) is 5.43. The van der Waals surface area contributed by atoms with Crippen LogP contribution in [0.5, 0.6) is 11.5 Å². The first-order valence-electron chi connectivity index (χ1n) is 10.8. The normalized spacial score (nSPS) is 10.5. The van der Waals surface area contributed by atoms with Gasteiger partial charge < -0.3 is 9.47 Å². The Labute approximate surface area is 198 Å². The maximum Gasteiger partial charge on any atom is 0.148 e. The minimum Gasteiger partial charge on any atom is -0.481 e. The van der Waals surface area contributed by atoms with Gasteiger partial charge in [0.05, 0.1) is 22.4 Å². The third-order valence-corrected chi connectivity index (χ3v) is 5.46. The Balaban J connectivity index is 1.53. The van der Waals surface area contributed by atoms with Gasteiger partial charge in [0.1, 0.15) is 24.7 Å². The van der Waals surface area contributed by atoms with E-state index >= 15 is 0 Å². The van der Waals surface area contributed by atoms with Crippen molar-refractivity contribution in [2.45, 2.75) is 0 Å². The summed E-state index contributed by atoms with van der Waals surface area (Å²) in [6, 6.07) is 27.8. The molecule has 0 atom stereocenters. The third kappa shape index (κ3) is 4.26. The van der Waals surface area contributed by atoms with E-state index in [1.165, 1.54) is 0 Å². The second-order valence-corrected chi connectivity index (χ2v) is 7.64. The second-order valence-electron chi connectivity index (χ2n) is 7.64. The Morgan fingerprint density at radius 1 is 0.529 bits per heavy atom. The highest BCUT2D eigenvalue weighted by Crippen LogP contribution is 2.29. The molecular formula is C30H20N2O2. The van der Waals surface area contributed by atoms with Crippen molar-refractivity contribution in [1.29, 1.82) is 0 Å². The number of pyridine rings is 2. The minimum absolute atomic E-state index is 0.244. The monoisotopic (exact) mass is 440 g/mol. The van der Waals surface area contributed by atoms with Gasteiger partial charge >= 0.3 is 0 Å².